The van der Waals surface area contributed by atoms with E-state index in [2.05, 4.69) is 17.3 Å². The highest BCUT2D eigenvalue weighted by atomic mass is 16.5. The maximum atomic E-state index is 12.6. The number of unbranched alkanes of at least 4 members (excludes halogenated alkanes) is 1. The average molecular weight is 425 g/mol. The molecule has 0 aliphatic rings. The van der Waals surface area contributed by atoms with Crippen LogP contribution in [0.25, 0.3) is 11.0 Å². The van der Waals surface area contributed by atoms with Crippen molar-refractivity contribution in [1.82, 2.24) is 14.8 Å². The number of aromatic nitrogens is 3. The zero-order chi connectivity index (χ0) is 22.5. The minimum absolute atomic E-state index is 0.0280. The molecule has 0 spiro atoms. The van der Waals surface area contributed by atoms with Crippen molar-refractivity contribution in [3.8, 4) is 11.6 Å². The molecule has 0 fully saturated rings. The Labute approximate surface area is 183 Å². The summed E-state index contributed by atoms with van der Waals surface area (Å²) in [5, 5.41) is 8.31. The van der Waals surface area contributed by atoms with Crippen LogP contribution in [0.15, 0.2) is 18.2 Å². The monoisotopic (exact) mass is 424 g/mol. The molecule has 0 atom stereocenters. The molecule has 2 heterocycles. The first-order chi connectivity index (χ1) is 14.8. The van der Waals surface area contributed by atoms with Crippen LogP contribution in [0.3, 0.4) is 0 Å². The van der Waals surface area contributed by atoms with Gasteiger partial charge >= 0.3 is 0 Å². The third kappa shape index (κ3) is 4.98. The van der Waals surface area contributed by atoms with Gasteiger partial charge in [-0.2, -0.15) is 0 Å². The number of aryl methyl sites for hydroxylation is 4. The lowest BCUT2D eigenvalue weighted by Crippen LogP contribution is -2.14. The van der Waals surface area contributed by atoms with Crippen LogP contribution in [-0.4, -0.2) is 34.4 Å². The van der Waals surface area contributed by atoms with Crippen molar-refractivity contribution < 1.29 is 14.3 Å². The van der Waals surface area contributed by atoms with Gasteiger partial charge in [-0.1, -0.05) is 13.3 Å². The van der Waals surface area contributed by atoms with Crippen LogP contribution in [0.1, 0.15) is 48.6 Å². The van der Waals surface area contributed by atoms with Crippen LogP contribution in [0.2, 0.25) is 0 Å². The number of pyridine rings is 1. The molecular formula is C24H32N4O3. The van der Waals surface area contributed by atoms with E-state index in [4.69, 9.17) is 14.5 Å². The molecule has 2 aromatic heterocycles. The van der Waals surface area contributed by atoms with Crippen molar-refractivity contribution in [3.05, 3.63) is 40.6 Å². The van der Waals surface area contributed by atoms with Crippen LogP contribution in [0, 0.1) is 20.8 Å². The number of carbonyl (C=O) groups is 1. The second-order valence-corrected chi connectivity index (χ2v) is 7.86. The molecule has 31 heavy (non-hydrogen) atoms. The van der Waals surface area contributed by atoms with Gasteiger partial charge in [0.1, 0.15) is 5.75 Å². The van der Waals surface area contributed by atoms with Gasteiger partial charge < -0.3 is 14.8 Å². The van der Waals surface area contributed by atoms with E-state index < -0.39 is 0 Å². The Kier molecular flexibility index (Phi) is 7.15. The molecule has 3 aromatic rings. The molecule has 3 rings (SSSR count). The summed E-state index contributed by atoms with van der Waals surface area (Å²) < 4.78 is 12.9. The summed E-state index contributed by atoms with van der Waals surface area (Å²) in [4.78, 5) is 17.3. The number of amides is 1. The summed E-state index contributed by atoms with van der Waals surface area (Å²) in [5.74, 6) is 1.37. The quantitative estimate of drug-likeness (QED) is 0.506. The van der Waals surface area contributed by atoms with Crippen LogP contribution in [-0.2, 0) is 18.3 Å². The minimum Gasteiger partial charge on any atom is -0.494 e. The van der Waals surface area contributed by atoms with E-state index in [1.807, 2.05) is 46.0 Å². The Morgan fingerprint density at radius 3 is 2.68 bits per heavy atom. The number of carbonyl (C=O) groups excluding carboxylic acids is 1. The molecule has 1 amide bonds. The summed E-state index contributed by atoms with van der Waals surface area (Å²) in [7, 11) is 3.46. The van der Waals surface area contributed by atoms with Crippen molar-refractivity contribution in [1.29, 1.82) is 0 Å². The summed E-state index contributed by atoms with van der Waals surface area (Å²) in [5.41, 5.74) is 5.61. The average Bonchev–Trinajstić information content (AvgIpc) is 3.05. The Balaban J connectivity index is 1.69. The number of nitrogens with one attached hydrogen (secondary N) is 1. The Morgan fingerprint density at radius 1 is 1.23 bits per heavy atom. The van der Waals surface area contributed by atoms with E-state index in [1.54, 1.807) is 11.8 Å². The fraction of sp³-hybridized carbons (Fsp3) is 0.458. The molecule has 1 N–H and O–H groups in total. The second-order valence-electron chi connectivity index (χ2n) is 7.86. The van der Waals surface area contributed by atoms with E-state index in [9.17, 15) is 4.79 Å². The summed E-state index contributed by atoms with van der Waals surface area (Å²) in [6.45, 7) is 8.83. The highest BCUT2D eigenvalue weighted by molar-refractivity contribution is 5.92. The molecule has 1 aromatic carbocycles. The Morgan fingerprint density at radius 2 is 2.00 bits per heavy atom. The van der Waals surface area contributed by atoms with Crippen molar-refractivity contribution in [2.24, 2.45) is 7.05 Å². The SMILES string of the molecule is CCCCOc1ccc(NC(=O)CCc2c(C)nc3c(c(OC)nn3C)c2C)c(C)c1. The Hall–Kier alpha value is -3.09. The number of hydrogen-bond acceptors (Lipinski definition) is 5. The topological polar surface area (TPSA) is 78.3 Å². The molecule has 166 valence electrons. The summed E-state index contributed by atoms with van der Waals surface area (Å²) >= 11 is 0. The first-order valence-corrected chi connectivity index (χ1v) is 10.8. The van der Waals surface area contributed by atoms with Gasteiger partial charge in [-0.25, -0.2) is 9.67 Å². The van der Waals surface area contributed by atoms with Gasteiger partial charge in [0, 0.05) is 24.8 Å². The van der Waals surface area contributed by atoms with Crippen molar-refractivity contribution in [2.75, 3.05) is 19.0 Å². The molecule has 0 aliphatic heterocycles. The fourth-order valence-electron chi connectivity index (χ4n) is 3.76. The van der Waals surface area contributed by atoms with Gasteiger partial charge in [0.2, 0.25) is 11.8 Å². The van der Waals surface area contributed by atoms with Crippen molar-refractivity contribution >= 4 is 22.6 Å². The molecule has 0 radical (unpaired) electrons. The fourth-order valence-corrected chi connectivity index (χ4v) is 3.76. The number of rotatable bonds is 9. The second kappa shape index (κ2) is 9.81. The van der Waals surface area contributed by atoms with Crippen molar-refractivity contribution in [2.45, 2.75) is 53.4 Å². The van der Waals surface area contributed by atoms with Gasteiger partial charge in [0.15, 0.2) is 5.65 Å². The van der Waals surface area contributed by atoms with Crippen LogP contribution in [0.4, 0.5) is 5.69 Å². The Bertz CT molecular complexity index is 1090. The lowest BCUT2D eigenvalue weighted by Gasteiger charge is -2.13. The third-order valence-electron chi connectivity index (χ3n) is 5.56. The smallest absolute Gasteiger partial charge is 0.242 e. The number of benzene rings is 1. The van der Waals surface area contributed by atoms with Crippen LogP contribution >= 0.6 is 0 Å². The normalized spacial score (nSPS) is 11.0. The van der Waals surface area contributed by atoms with Crippen molar-refractivity contribution in [3.63, 3.8) is 0 Å². The lowest BCUT2D eigenvalue weighted by atomic mass is 10.00. The highest BCUT2D eigenvalue weighted by Gasteiger charge is 2.18. The summed E-state index contributed by atoms with van der Waals surface area (Å²) in [6, 6.07) is 5.77. The first kappa shape index (κ1) is 22.6. The molecule has 0 unspecified atom stereocenters. The predicted octanol–water partition coefficient (Wildman–Crippen LogP) is 4.65. The van der Waals surface area contributed by atoms with E-state index in [0.717, 1.165) is 57.7 Å². The zero-order valence-corrected chi connectivity index (χ0v) is 19.3. The van der Waals surface area contributed by atoms with E-state index in [0.29, 0.717) is 25.3 Å². The van der Waals surface area contributed by atoms with Crippen LogP contribution in [0.5, 0.6) is 11.6 Å². The number of anilines is 1. The first-order valence-electron chi connectivity index (χ1n) is 10.8. The molecule has 0 saturated carbocycles. The number of methoxy groups -OCH3 is 1. The van der Waals surface area contributed by atoms with Gasteiger partial charge in [0.05, 0.1) is 19.1 Å². The zero-order valence-electron chi connectivity index (χ0n) is 19.3. The van der Waals surface area contributed by atoms with Crippen LogP contribution < -0.4 is 14.8 Å². The van der Waals surface area contributed by atoms with Gasteiger partial charge in [-0.3, -0.25) is 4.79 Å². The number of ether oxygens (including phenoxy) is 2. The molecule has 0 bridgehead atoms. The molecular weight excluding hydrogens is 392 g/mol. The summed E-state index contributed by atoms with van der Waals surface area (Å²) in [6.07, 6.45) is 3.09. The predicted molar refractivity (Wildman–Crippen MR) is 123 cm³/mol. The maximum Gasteiger partial charge on any atom is 0.242 e. The number of fused-ring (bicyclic) bond motifs is 1. The molecule has 7 heteroatoms. The lowest BCUT2D eigenvalue weighted by molar-refractivity contribution is -0.116. The van der Waals surface area contributed by atoms with E-state index in [-0.39, 0.29) is 5.91 Å². The molecule has 0 aliphatic carbocycles. The maximum absolute atomic E-state index is 12.6. The number of nitrogens with zero attached hydrogens (tertiary/aromatic N) is 3. The van der Waals surface area contributed by atoms with E-state index >= 15 is 0 Å². The van der Waals surface area contributed by atoms with Gasteiger partial charge in [0.25, 0.3) is 0 Å². The van der Waals surface area contributed by atoms with Gasteiger partial charge in [-0.15, -0.1) is 5.10 Å². The standard InChI is InChI=1S/C24H32N4O3/c1-7-8-13-31-18-9-11-20(15(2)14-18)26-21(29)12-10-19-16(3)22-23(25-17(19)4)28(5)27-24(22)30-6/h9,11,14H,7-8,10,12-13H2,1-6H3,(H,26,29). The third-order valence-corrected chi connectivity index (χ3v) is 5.56. The molecule has 7 nitrogen and oxygen atoms in total. The minimum atomic E-state index is -0.0280. The highest BCUT2D eigenvalue weighted by Crippen LogP contribution is 2.30. The number of hydrogen-bond donors (Lipinski definition) is 1. The van der Waals surface area contributed by atoms with E-state index in [1.165, 1.54) is 0 Å². The van der Waals surface area contributed by atoms with Gasteiger partial charge in [-0.05, 0) is 68.5 Å². The largest absolute Gasteiger partial charge is 0.494 e. The molecule has 0 saturated heterocycles.